The summed E-state index contributed by atoms with van der Waals surface area (Å²) >= 11 is 0. The minimum absolute atomic E-state index is 0.240. The Balaban J connectivity index is 2.06. The number of anilines is 1. The third kappa shape index (κ3) is 2.78. The number of aromatic amines is 1. The van der Waals surface area contributed by atoms with Crippen molar-refractivity contribution < 1.29 is 5.11 Å². The van der Waals surface area contributed by atoms with Crippen LogP contribution in [0, 0.1) is 0 Å². The van der Waals surface area contributed by atoms with Gasteiger partial charge in [-0.3, -0.25) is 5.10 Å². The summed E-state index contributed by atoms with van der Waals surface area (Å²) < 4.78 is 0. The summed E-state index contributed by atoms with van der Waals surface area (Å²) in [5, 5.41) is 16.1. The first-order valence-electron chi connectivity index (χ1n) is 5.69. The molecule has 1 aromatic carbocycles. The lowest BCUT2D eigenvalue weighted by Gasteiger charge is -2.08. The number of phenols is 1. The van der Waals surface area contributed by atoms with E-state index in [0.29, 0.717) is 18.2 Å². The minimum atomic E-state index is -0.240. The van der Waals surface area contributed by atoms with E-state index >= 15 is 0 Å². The van der Waals surface area contributed by atoms with Crippen LogP contribution in [0.2, 0.25) is 0 Å². The molecule has 1 heterocycles. The van der Waals surface area contributed by atoms with Gasteiger partial charge in [0.05, 0.1) is 6.04 Å². The van der Waals surface area contributed by atoms with Crippen molar-refractivity contribution >= 4 is 5.95 Å². The van der Waals surface area contributed by atoms with Crippen molar-refractivity contribution in [3.63, 3.8) is 0 Å². The van der Waals surface area contributed by atoms with Crippen LogP contribution in [0.15, 0.2) is 24.3 Å². The van der Waals surface area contributed by atoms with Crippen molar-refractivity contribution in [3.8, 4) is 5.75 Å². The first kappa shape index (κ1) is 12.4. The molecule has 2 rings (SSSR count). The van der Waals surface area contributed by atoms with Gasteiger partial charge in [-0.15, -0.1) is 5.10 Å². The van der Waals surface area contributed by atoms with Crippen molar-refractivity contribution in [2.75, 3.05) is 19.0 Å². The first-order valence-corrected chi connectivity index (χ1v) is 5.69. The molecule has 0 fully saturated rings. The minimum Gasteiger partial charge on any atom is -0.508 e. The van der Waals surface area contributed by atoms with Gasteiger partial charge in [0.2, 0.25) is 5.95 Å². The quantitative estimate of drug-likeness (QED) is 0.744. The average molecular weight is 247 g/mol. The summed E-state index contributed by atoms with van der Waals surface area (Å²) in [5.41, 5.74) is 7.11. The predicted molar refractivity (Wildman–Crippen MR) is 69.4 cm³/mol. The zero-order chi connectivity index (χ0) is 13.1. The predicted octanol–water partition coefficient (Wildman–Crippen LogP) is 0.819. The molecule has 1 atom stereocenters. The van der Waals surface area contributed by atoms with Crippen LogP contribution in [0.5, 0.6) is 5.75 Å². The third-order valence-electron chi connectivity index (χ3n) is 2.63. The number of aromatic hydroxyl groups is 1. The topological polar surface area (TPSA) is 91.1 Å². The number of aromatic nitrogens is 3. The molecule has 0 radical (unpaired) electrons. The van der Waals surface area contributed by atoms with E-state index in [1.54, 1.807) is 12.1 Å². The number of phenolic OH excluding ortho intramolecular Hbond substituents is 1. The maximum Gasteiger partial charge on any atom is 0.244 e. The lowest BCUT2D eigenvalue weighted by Crippen LogP contribution is -2.15. The third-order valence-corrected chi connectivity index (χ3v) is 2.63. The van der Waals surface area contributed by atoms with E-state index in [-0.39, 0.29) is 11.8 Å². The Hall–Kier alpha value is -2.08. The molecule has 0 saturated heterocycles. The molecule has 0 unspecified atom stereocenters. The van der Waals surface area contributed by atoms with Gasteiger partial charge in [0, 0.05) is 14.1 Å². The Kier molecular flexibility index (Phi) is 3.47. The molecule has 4 N–H and O–H groups in total. The first-order chi connectivity index (χ1) is 8.56. The van der Waals surface area contributed by atoms with E-state index in [4.69, 9.17) is 5.73 Å². The fraction of sp³-hybridized carbons (Fsp3) is 0.333. The lowest BCUT2D eigenvalue weighted by atomic mass is 10.1. The number of nitrogens with zero attached hydrogens (tertiary/aromatic N) is 3. The van der Waals surface area contributed by atoms with Crippen LogP contribution in [0.1, 0.15) is 17.4 Å². The van der Waals surface area contributed by atoms with E-state index in [9.17, 15) is 5.11 Å². The van der Waals surface area contributed by atoms with Crippen molar-refractivity contribution in [3.05, 3.63) is 35.7 Å². The molecule has 6 nitrogen and oxygen atoms in total. The summed E-state index contributed by atoms with van der Waals surface area (Å²) in [5.74, 6) is 1.53. The Morgan fingerprint density at radius 1 is 1.33 bits per heavy atom. The molecule has 2 aromatic rings. The van der Waals surface area contributed by atoms with E-state index in [2.05, 4.69) is 15.2 Å². The fourth-order valence-electron chi connectivity index (χ4n) is 1.61. The molecule has 0 bridgehead atoms. The SMILES string of the molecule is CN(C)c1n[nH]c([C@@H](N)Cc2ccc(O)cc2)n1. The van der Waals surface area contributed by atoms with Gasteiger partial charge in [-0.05, 0) is 24.1 Å². The molecule has 0 saturated carbocycles. The fourth-order valence-corrected chi connectivity index (χ4v) is 1.61. The molecule has 1 aromatic heterocycles. The normalized spacial score (nSPS) is 12.4. The molecule has 0 aliphatic heterocycles. The highest BCUT2D eigenvalue weighted by Crippen LogP contribution is 2.16. The van der Waals surface area contributed by atoms with Crippen LogP contribution in [-0.4, -0.2) is 34.4 Å². The number of H-pyrrole nitrogens is 1. The summed E-state index contributed by atoms with van der Waals surface area (Å²) in [7, 11) is 3.75. The Morgan fingerprint density at radius 3 is 2.56 bits per heavy atom. The highest BCUT2D eigenvalue weighted by atomic mass is 16.3. The van der Waals surface area contributed by atoms with Gasteiger partial charge in [0.25, 0.3) is 0 Å². The van der Waals surface area contributed by atoms with Gasteiger partial charge in [0.15, 0.2) is 0 Å². The smallest absolute Gasteiger partial charge is 0.244 e. The lowest BCUT2D eigenvalue weighted by molar-refractivity contribution is 0.475. The largest absolute Gasteiger partial charge is 0.508 e. The van der Waals surface area contributed by atoms with Crippen LogP contribution in [0.4, 0.5) is 5.95 Å². The van der Waals surface area contributed by atoms with Crippen molar-refractivity contribution in [1.29, 1.82) is 0 Å². The Labute approximate surface area is 105 Å². The summed E-state index contributed by atoms with van der Waals surface area (Å²) in [4.78, 5) is 6.12. The Morgan fingerprint density at radius 2 is 2.00 bits per heavy atom. The molecule has 18 heavy (non-hydrogen) atoms. The average Bonchev–Trinajstić information content (AvgIpc) is 2.81. The van der Waals surface area contributed by atoms with E-state index < -0.39 is 0 Å². The standard InChI is InChI=1S/C12H17N5O/c1-17(2)12-14-11(15-16-12)10(13)7-8-3-5-9(18)6-4-8/h3-6,10,18H,7,13H2,1-2H3,(H,14,15,16)/t10-/m0/s1. The van der Waals surface area contributed by atoms with Gasteiger partial charge >= 0.3 is 0 Å². The van der Waals surface area contributed by atoms with Crippen LogP contribution < -0.4 is 10.6 Å². The summed E-state index contributed by atoms with van der Waals surface area (Å²) in [6, 6.07) is 6.74. The molecule has 0 amide bonds. The number of benzene rings is 1. The zero-order valence-corrected chi connectivity index (χ0v) is 10.5. The van der Waals surface area contributed by atoms with Gasteiger partial charge in [0.1, 0.15) is 11.6 Å². The van der Waals surface area contributed by atoms with E-state index in [1.165, 1.54) is 0 Å². The van der Waals surface area contributed by atoms with Gasteiger partial charge in [-0.2, -0.15) is 4.98 Å². The summed E-state index contributed by atoms with van der Waals surface area (Å²) in [6.45, 7) is 0. The molecule has 0 spiro atoms. The highest BCUT2D eigenvalue weighted by molar-refractivity contribution is 5.28. The maximum atomic E-state index is 9.21. The number of rotatable bonds is 4. The second kappa shape index (κ2) is 5.05. The van der Waals surface area contributed by atoms with Crippen LogP contribution >= 0.6 is 0 Å². The number of hydrogen-bond donors (Lipinski definition) is 3. The van der Waals surface area contributed by atoms with Crippen molar-refractivity contribution in [2.24, 2.45) is 5.73 Å². The summed E-state index contributed by atoms with van der Waals surface area (Å²) in [6.07, 6.45) is 0.641. The van der Waals surface area contributed by atoms with Gasteiger partial charge < -0.3 is 15.7 Å². The number of nitrogens with two attached hydrogens (primary N) is 1. The van der Waals surface area contributed by atoms with Crippen molar-refractivity contribution in [2.45, 2.75) is 12.5 Å². The van der Waals surface area contributed by atoms with Gasteiger partial charge in [-0.25, -0.2) is 0 Å². The Bertz CT molecular complexity index is 505. The van der Waals surface area contributed by atoms with Gasteiger partial charge in [-0.1, -0.05) is 12.1 Å². The second-order valence-electron chi connectivity index (χ2n) is 4.39. The molecule has 0 aliphatic rings. The molecule has 6 heteroatoms. The molecule has 0 aliphatic carbocycles. The van der Waals surface area contributed by atoms with Crippen molar-refractivity contribution in [1.82, 2.24) is 15.2 Å². The highest BCUT2D eigenvalue weighted by Gasteiger charge is 2.13. The number of hydrogen-bond acceptors (Lipinski definition) is 5. The molecular weight excluding hydrogens is 230 g/mol. The van der Waals surface area contributed by atoms with Crippen LogP contribution in [0.3, 0.4) is 0 Å². The molecular formula is C12H17N5O. The van der Waals surface area contributed by atoms with E-state index in [0.717, 1.165) is 5.56 Å². The molecule has 96 valence electrons. The second-order valence-corrected chi connectivity index (χ2v) is 4.39. The van der Waals surface area contributed by atoms with Crippen LogP contribution in [0.25, 0.3) is 0 Å². The monoisotopic (exact) mass is 247 g/mol. The van der Waals surface area contributed by atoms with Crippen LogP contribution in [-0.2, 0) is 6.42 Å². The zero-order valence-electron chi connectivity index (χ0n) is 10.5. The number of nitrogens with one attached hydrogen (secondary N) is 1. The maximum absolute atomic E-state index is 9.21. The van der Waals surface area contributed by atoms with E-state index in [1.807, 2.05) is 31.1 Å².